The normalized spacial score (nSPS) is 19.9. The largest absolute Gasteiger partial charge is 0.465 e. The van der Waals surface area contributed by atoms with Crippen molar-refractivity contribution in [1.29, 1.82) is 0 Å². The molecule has 0 aliphatic carbocycles. The van der Waals surface area contributed by atoms with E-state index in [4.69, 9.17) is 10.5 Å². The fourth-order valence-corrected chi connectivity index (χ4v) is 4.83. The molecule has 2 N–H and O–H groups in total. The van der Waals surface area contributed by atoms with E-state index in [-0.39, 0.29) is 16.5 Å². The van der Waals surface area contributed by atoms with Crippen LogP contribution in [0.5, 0.6) is 0 Å². The summed E-state index contributed by atoms with van der Waals surface area (Å²) in [4.78, 5) is 11.9. The smallest absolute Gasteiger partial charge is 0.338 e. The zero-order valence-electron chi connectivity index (χ0n) is 12.9. The fraction of sp³-hybridized carbons (Fsp3) is 0.533. The lowest BCUT2D eigenvalue weighted by Crippen LogP contribution is -2.47. The summed E-state index contributed by atoms with van der Waals surface area (Å²) < 4.78 is 32.1. The number of nitrogens with two attached hydrogens (primary N) is 1. The maximum absolute atomic E-state index is 13.0. The molecule has 1 unspecified atom stereocenters. The molecule has 0 spiro atoms. The minimum absolute atomic E-state index is 0.149. The van der Waals surface area contributed by atoms with E-state index in [1.165, 1.54) is 17.5 Å². The molecule has 122 valence electrons. The van der Waals surface area contributed by atoms with Gasteiger partial charge in [-0.25, -0.2) is 13.2 Å². The summed E-state index contributed by atoms with van der Waals surface area (Å²) in [5.74, 6) is -0.538. The zero-order chi connectivity index (χ0) is 16.3. The second-order valence-corrected chi connectivity index (χ2v) is 7.28. The van der Waals surface area contributed by atoms with Crippen molar-refractivity contribution in [2.45, 2.75) is 37.1 Å². The average molecular weight is 326 g/mol. The summed E-state index contributed by atoms with van der Waals surface area (Å²) in [5, 5.41) is 0. The predicted molar refractivity (Wildman–Crippen MR) is 83.1 cm³/mol. The molecule has 7 heteroatoms. The summed E-state index contributed by atoms with van der Waals surface area (Å²) in [7, 11) is -2.40. The highest BCUT2D eigenvalue weighted by molar-refractivity contribution is 7.89. The highest BCUT2D eigenvalue weighted by Crippen LogP contribution is 2.28. The van der Waals surface area contributed by atoms with E-state index in [1.807, 2.05) is 0 Å². The second kappa shape index (κ2) is 6.76. The molecule has 0 bridgehead atoms. The number of sulfonamides is 1. The fourth-order valence-electron chi connectivity index (χ4n) is 2.88. The Hall–Kier alpha value is -1.44. The maximum atomic E-state index is 13.0. The van der Waals surface area contributed by atoms with E-state index >= 15 is 0 Å². The number of rotatable bonds is 4. The van der Waals surface area contributed by atoms with Crippen molar-refractivity contribution in [2.75, 3.05) is 20.2 Å². The van der Waals surface area contributed by atoms with Crippen molar-refractivity contribution >= 4 is 16.0 Å². The number of methoxy groups -OCH3 is 1. The van der Waals surface area contributed by atoms with Gasteiger partial charge >= 0.3 is 5.97 Å². The molecule has 6 nitrogen and oxygen atoms in total. The van der Waals surface area contributed by atoms with Gasteiger partial charge in [-0.05, 0) is 37.5 Å². The number of hydrogen-bond donors (Lipinski definition) is 1. The highest BCUT2D eigenvalue weighted by atomic mass is 32.2. The van der Waals surface area contributed by atoms with Crippen LogP contribution in [0.25, 0.3) is 0 Å². The van der Waals surface area contributed by atoms with Crippen molar-refractivity contribution in [3.05, 3.63) is 29.3 Å². The van der Waals surface area contributed by atoms with Gasteiger partial charge in [0.2, 0.25) is 10.0 Å². The Labute approximate surface area is 131 Å². The molecule has 2 rings (SSSR count). The van der Waals surface area contributed by atoms with E-state index in [0.717, 1.165) is 19.3 Å². The maximum Gasteiger partial charge on any atom is 0.338 e. The van der Waals surface area contributed by atoms with Gasteiger partial charge in [-0.2, -0.15) is 4.31 Å². The van der Waals surface area contributed by atoms with Gasteiger partial charge in [0.15, 0.2) is 0 Å². The number of ether oxygens (including phenoxy) is 1. The first-order valence-corrected chi connectivity index (χ1v) is 8.77. The molecular weight excluding hydrogens is 304 g/mol. The molecular formula is C15H22N2O4S. The Morgan fingerprint density at radius 2 is 2.14 bits per heavy atom. The van der Waals surface area contributed by atoms with Crippen LogP contribution < -0.4 is 5.73 Å². The highest BCUT2D eigenvalue weighted by Gasteiger charge is 2.34. The molecule has 0 radical (unpaired) electrons. The molecule has 22 heavy (non-hydrogen) atoms. The first kappa shape index (κ1) is 16.9. The quantitative estimate of drug-likeness (QED) is 0.842. The molecule has 0 amide bonds. The average Bonchev–Trinajstić information content (AvgIpc) is 2.54. The van der Waals surface area contributed by atoms with E-state index in [2.05, 4.69) is 0 Å². The lowest BCUT2D eigenvalue weighted by atomic mass is 10.1. The Morgan fingerprint density at radius 1 is 1.41 bits per heavy atom. The molecule has 1 aliphatic heterocycles. The summed E-state index contributed by atoms with van der Waals surface area (Å²) >= 11 is 0. The van der Waals surface area contributed by atoms with E-state index in [9.17, 15) is 13.2 Å². The molecule has 0 saturated carbocycles. The van der Waals surface area contributed by atoms with Gasteiger partial charge in [0, 0.05) is 19.1 Å². The third-order valence-corrected chi connectivity index (χ3v) is 6.22. The molecule has 1 heterocycles. The van der Waals surface area contributed by atoms with E-state index in [0.29, 0.717) is 18.7 Å². The van der Waals surface area contributed by atoms with Gasteiger partial charge in [0.05, 0.1) is 17.6 Å². The Balaban J connectivity index is 2.47. The van der Waals surface area contributed by atoms with Crippen LogP contribution >= 0.6 is 0 Å². The monoisotopic (exact) mass is 326 g/mol. The number of esters is 1. The molecule has 1 aliphatic rings. The van der Waals surface area contributed by atoms with Crippen molar-refractivity contribution < 1.29 is 17.9 Å². The summed E-state index contributed by atoms with van der Waals surface area (Å²) in [6.45, 7) is 2.39. The van der Waals surface area contributed by atoms with Gasteiger partial charge in [-0.15, -0.1) is 0 Å². The van der Waals surface area contributed by atoms with Crippen LogP contribution in [0.4, 0.5) is 0 Å². The number of carbonyl (C=O) groups excluding carboxylic acids is 1. The predicted octanol–water partition coefficient (Wildman–Crippen LogP) is 1.28. The Kier molecular flexibility index (Phi) is 5.20. The van der Waals surface area contributed by atoms with Crippen molar-refractivity contribution in [3.63, 3.8) is 0 Å². The lowest BCUT2D eigenvalue weighted by Gasteiger charge is -2.34. The van der Waals surface area contributed by atoms with Gasteiger partial charge < -0.3 is 10.5 Å². The second-order valence-electron chi connectivity index (χ2n) is 5.42. The van der Waals surface area contributed by atoms with Gasteiger partial charge in [0.1, 0.15) is 0 Å². The van der Waals surface area contributed by atoms with E-state index in [1.54, 1.807) is 19.1 Å². The molecule has 1 fully saturated rings. The van der Waals surface area contributed by atoms with Crippen molar-refractivity contribution in [1.82, 2.24) is 4.31 Å². The standard InChI is InChI=1S/C15H22N2O4S/c1-11-13(15(18)21-2)7-5-8-14(11)22(19,20)17-9-4-3-6-12(17)10-16/h5,7-8,12H,3-4,6,9-10,16H2,1-2H3. The van der Waals surface area contributed by atoms with Crippen LogP contribution in [0.1, 0.15) is 35.2 Å². The van der Waals surface area contributed by atoms with Crippen LogP contribution in [0.2, 0.25) is 0 Å². The van der Waals surface area contributed by atoms with Gasteiger partial charge in [0.25, 0.3) is 0 Å². The number of nitrogens with zero attached hydrogens (tertiary/aromatic N) is 1. The SMILES string of the molecule is COC(=O)c1cccc(S(=O)(=O)N2CCCCC2CN)c1C. The number of carbonyl (C=O) groups is 1. The molecule has 1 saturated heterocycles. The van der Waals surface area contributed by atoms with Crippen LogP contribution in [0, 0.1) is 6.92 Å². The summed E-state index contributed by atoms with van der Waals surface area (Å²) in [5.41, 5.74) is 6.41. The summed E-state index contributed by atoms with van der Waals surface area (Å²) in [6, 6.07) is 4.48. The van der Waals surface area contributed by atoms with Crippen LogP contribution in [-0.2, 0) is 14.8 Å². The lowest BCUT2D eigenvalue weighted by molar-refractivity contribution is 0.0599. The Morgan fingerprint density at radius 3 is 2.77 bits per heavy atom. The topological polar surface area (TPSA) is 89.7 Å². The van der Waals surface area contributed by atoms with Crippen LogP contribution in [-0.4, -0.2) is 44.9 Å². The molecule has 1 atom stereocenters. The van der Waals surface area contributed by atoms with Crippen LogP contribution in [0.15, 0.2) is 23.1 Å². The van der Waals surface area contributed by atoms with Gasteiger partial charge in [-0.3, -0.25) is 0 Å². The third-order valence-electron chi connectivity index (χ3n) is 4.12. The first-order valence-electron chi connectivity index (χ1n) is 7.33. The molecule has 0 aromatic heterocycles. The number of benzene rings is 1. The van der Waals surface area contributed by atoms with Crippen molar-refractivity contribution in [2.24, 2.45) is 5.73 Å². The van der Waals surface area contributed by atoms with E-state index < -0.39 is 16.0 Å². The number of hydrogen-bond acceptors (Lipinski definition) is 5. The van der Waals surface area contributed by atoms with Crippen molar-refractivity contribution in [3.8, 4) is 0 Å². The Bertz CT molecular complexity index is 658. The number of piperidine rings is 1. The minimum atomic E-state index is -3.67. The van der Waals surface area contributed by atoms with Crippen LogP contribution in [0.3, 0.4) is 0 Å². The summed E-state index contributed by atoms with van der Waals surface area (Å²) in [6.07, 6.45) is 2.58. The minimum Gasteiger partial charge on any atom is -0.465 e. The third kappa shape index (κ3) is 3.02. The molecule has 1 aromatic carbocycles. The first-order chi connectivity index (χ1) is 10.4. The van der Waals surface area contributed by atoms with Gasteiger partial charge in [-0.1, -0.05) is 12.5 Å². The molecule has 1 aromatic rings. The zero-order valence-corrected chi connectivity index (χ0v) is 13.7.